The molecule has 1 aliphatic carbocycles. The number of nitrogens with one attached hydrogen (secondary N) is 3. The van der Waals surface area contributed by atoms with Gasteiger partial charge >= 0.3 is 0 Å². The maximum absolute atomic E-state index is 3.83. The molecule has 13 heavy (non-hydrogen) atoms. The molecule has 1 saturated carbocycles. The first-order valence-corrected chi connectivity index (χ1v) is 4.99. The molecule has 1 atom stereocenters. The Morgan fingerprint density at radius 3 is 2.85 bits per heavy atom. The molecular formula is C10H17N3. The molecule has 0 saturated heterocycles. The molecule has 0 aromatic rings. The van der Waals surface area contributed by atoms with E-state index in [1.165, 1.54) is 25.7 Å². The Kier molecular flexibility index (Phi) is 2.54. The molecule has 0 amide bonds. The van der Waals surface area contributed by atoms with Crippen LogP contribution in [0.4, 0.5) is 0 Å². The first-order valence-electron chi connectivity index (χ1n) is 4.99. The summed E-state index contributed by atoms with van der Waals surface area (Å²) in [6, 6.07) is 0.688. The fourth-order valence-corrected chi connectivity index (χ4v) is 1.97. The zero-order valence-corrected chi connectivity index (χ0v) is 7.84. The van der Waals surface area contributed by atoms with Crippen molar-refractivity contribution >= 4 is 0 Å². The Morgan fingerprint density at radius 2 is 2.15 bits per heavy atom. The van der Waals surface area contributed by atoms with Crippen molar-refractivity contribution in [2.45, 2.75) is 37.9 Å². The van der Waals surface area contributed by atoms with Gasteiger partial charge in [-0.1, -0.05) is 19.4 Å². The summed E-state index contributed by atoms with van der Waals surface area (Å²) in [6.45, 7) is 3.83. The molecule has 2 rings (SSSR count). The molecule has 3 N–H and O–H groups in total. The van der Waals surface area contributed by atoms with E-state index >= 15 is 0 Å². The second kappa shape index (κ2) is 3.83. The summed E-state index contributed by atoms with van der Waals surface area (Å²) in [5, 5.41) is 9.80. The van der Waals surface area contributed by atoms with Crippen molar-refractivity contribution in [2.24, 2.45) is 0 Å². The van der Waals surface area contributed by atoms with Crippen LogP contribution in [0.1, 0.15) is 25.7 Å². The van der Waals surface area contributed by atoms with Crippen LogP contribution in [0.15, 0.2) is 24.7 Å². The Morgan fingerprint density at radius 1 is 1.38 bits per heavy atom. The summed E-state index contributed by atoms with van der Waals surface area (Å²) in [7, 11) is 0. The van der Waals surface area contributed by atoms with Crippen LogP contribution < -0.4 is 16.0 Å². The fraction of sp³-hybridized carbons (Fsp3) is 0.600. The molecule has 0 radical (unpaired) electrons. The smallest absolute Gasteiger partial charge is 0.0991 e. The molecule has 1 heterocycles. The Balaban J connectivity index is 1.83. The lowest BCUT2D eigenvalue weighted by atomic mass is 10.2. The summed E-state index contributed by atoms with van der Waals surface area (Å²) in [4.78, 5) is 0. The predicted molar refractivity (Wildman–Crippen MR) is 53.7 cm³/mol. The van der Waals surface area contributed by atoms with E-state index in [0.717, 1.165) is 5.82 Å². The third-order valence-corrected chi connectivity index (χ3v) is 2.65. The highest BCUT2D eigenvalue weighted by atomic mass is 15.2. The predicted octanol–water partition coefficient (Wildman–Crippen LogP) is 1.02. The molecule has 0 aromatic heterocycles. The van der Waals surface area contributed by atoms with Crippen molar-refractivity contribution in [2.75, 3.05) is 0 Å². The van der Waals surface area contributed by atoms with Gasteiger partial charge in [0.15, 0.2) is 0 Å². The molecular weight excluding hydrogens is 162 g/mol. The van der Waals surface area contributed by atoms with Crippen LogP contribution in [0.3, 0.4) is 0 Å². The molecule has 1 fully saturated rings. The Bertz CT molecular complexity index is 216. The van der Waals surface area contributed by atoms with E-state index in [1.54, 1.807) is 0 Å². The Hall–Kier alpha value is -0.960. The first-order chi connectivity index (χ1) is 6.34. The van der Waals surface area contributed by atoms with E-state index < -0.39 is 0 Å². The van der Waals surface area contributed by atoms with Gasteiger partial charge in [0.2, 0.25) is 0 Å². The van der Waals surface area contributed by atoms with Gasteiger partial charge in [-0.05, 0) is 18.9 Å². The standard InChI is InChI=1S/C10H17N3/c1-8-11-7-6-10(12-8)13-9-4-2-3-5-9/h6-7,9-13H,1-5H2. The molecule has 1 aliphatic heterocycles. The quantitative estimate of drug-likeness (QED) is 0.592. The van der Waals surface area contributed by atoms with Gasteiger partial charge < -0.3 is 10.6 Å². The highest BCUT2D eigenvalue weighted by Gasteiger charge is 2.18. The van der Waals surface area contributed by atoms with E-state index in [4.69, 9.17) is 0 Å². The summed E-state index contributed by atoms with van der Waals surface area (Å²) in [5.41, 5.74) is 0. The maximum atomic E-state index is 3.83. The monoisotopic (exact) mass is 179 g/mol. The lowest BCUT2D eigenvalue weighted by Gasteiger charge is -2.26. The highest BCUT2D eigenvalue weighted by Crippen LogP contribution is 2.18. The van der Waals surface area contributed by atoms with E-state index in [0.29, 0.717) is 6.04 Å². The van der Waals surface area contributed by atoms with Crippen molar-refractivity contribution in [3.63, 3.8) is 0 Å². The van der Waals surface area contributed by atoms with Crippen LogP contribution in [0.2, 0.25) is 0 Å². The summed E-state index contributed by atoms with van der Waals surface area (Å²) in [6.07, 6.45) is 9.65. The third kappa shape index (κ3) is 2.25. The van der Waals surface area contributed by atoms with Gasteiger partial charge in [0.25, 0.3) is 0 Å². The lowest BCUT2D eigenvalue weighted by molar-refractivity contribution is 0.431. The molecule has 0 spiro atoms. The molecule has 3 heteroatoms. The minimum Gasteiger partial charge on any atom is -0.353 e. The third-order valence-electron chi connectivity index (χ3n) is 2.65. The zero-order chi connectivity index (χ0) is 9.10. The Labute approximate surface area is 79.3 Å². The largest absolute Gasteiger partial charge is 0.353 e. The zero-order valence-electron chi connectivity index (χ0n) is 7.84. The number of hydrogen-bond acceptors (Lipinski definition) is 3. The van der Waals surface area contributed by atoms with E-state index in [1.807, 2.05) is 6.20 Å². The van der Waals surface area contributed by atoms with Crippen molar-refractivity contribution < 1.29 is 0 Å². The molecule has 0 aromatic carbocycles. The fourth-order valence-electron chi connectivity index (χ4n) is 1.97. The molecule has 3 nitrogen and oxygen atoms in total. The maximum Gasteiger partial charge on any atom is 0.0991 e. The van der Waals surface area contributed by atoms with Crippen molar-refractivity contribution in [1.82, 2.24) is 16.0 Å². The van der Waals surface area contributed by atoms with Gasteiger partial charge in [-0.15, -0.1) is 0 Å². The van der Waals surface area contributed by atoms with Gasteiger partial charge in [-0.2, -0.15) is 0 Å². The molecule has 72 valence electrons. The van der Waals surface area contributed by atoms with Gasteiger partial charge in [0, 0.05) is 12.2 Å². The second-order valence-electron chi connectivity index (χ2n) is 3.75. The molecule has 2 aliphatic rings. The van der Waals surface area contributed by atoms with Crippen molar-refractivity contribution in [3.05, 3.63) is 24.7 Å². The van der Waals surface area contributed by atoms with Gasteiger partial charge in [-0.25, -0.2) is 0 Å². The second-order valence-corrected chi connectivity index (χ2v) is 3.75. The molecule has 1 unspecified atom stereocenters. The highest BCUT2D eigenvalue weighted by molar-refractivity contribution is 5.08. The number of hydrogen-bond donors (Lipinski definition) is 3. The van der Waals surface area contributed by atoms with Crippen LogP contribution in [0.5, 0.6) is 0 Å². The van der Waals surface area contributed by atoms with Crippen LogP contribution in [0, 0.1) is 0 Å². The molecule has 0 bridgehead atoms. The SMILES string of the molecule is C=C1NC=CC(NC2CCCC2)N1. The minimum atomic E-state index is 0.261. The average Bonchev–Trinajstić information content (AvgIpc) is 2.57. The summed E-state index contributed by atoms with van der Waals surface area (Å²) >= 11 is 0. The van der Waals surface area contributed by atoms with E-state index in [2.05, 4.69) is 28.6 Å². The van der Waals surface area contributed by atoms with Gasteiger partial charge in [-0.3, -0.25) is 5.32 Å². The first kappa shape index (κ1) is 8.63. The van der Waals surface area contributed by atoms with Crippen LogP contribution in [-0.4, -0.2) is 12.2 Å². The van der Waals surface area contributed by atoms with E-state index in [9.17, 15) is 0 Å². The van der Waals surface area contributed by atoms with Crippen LogP contribution in [0.25, 0.3) is 0 Å². The van der Waals surface area contributed by atoms with Crippen molar-refractivity contribution in [1.29, 1.82) is 0 Å². The van der Waals surface area contributed by atoms with Crippen LogP contribution in [-0.2, 0) is 0 Å². The number of rotatable bonds is 2. The normalized spacial score (nSPS) is 28.6. The van der Waals surface area contributed by atoms with Crippen LogP contribution >= 0.6 is 0 Å². The van der Waals surface area contributed by atoms with E-state index in [-0.39, 0.29) is 6.17 Å². The minimum absolute atomic E-state index is 0.261. The summed E-state index contributed by atoms with van der Waals surface area (Å²) < 4.78 is 0. The topological polar surface area (TPSA) is 36.1 Å². The van der Waals surface area contributed by atoms with Gasteiger partial charge in [0.1, 0.15) is 0 Å². The van der Waals surface area contributed by atoms with Gasteiger partial charge in [0.05, 0.1) is 12.0 Å². The summed E-state index contributed by atoms with van der Waals surface area (Å²) in [5.74, 6) is 0.873. The average molecular weight is 179 g/mol. The lowest BCUT2D eigenvalue weighted by Crippen LogP contribution is -2.48. The van der Waals surface area contributed by atoms with Crippen molar-refractivity contribution in [3.8, 4) is 0 Å².